The van der Waals surface area contributed by atoms with Gasteiger partial charge in [-0.3, -0.25) is 9.59 Å². The molecule has 0 radical (unpaired) electrons. The summed E-state index contributed by atoms with van der Waals surface area (Å²) in [7, 11) is 0. The van der Waals surface area contributed by atoms with E-state index in [-0.39, 0.29) is 0 Å². The molecule has 0 atom stereocenters. The maximum absolute atomic E-state index is 12.2. The second-order valence-corrected chi connectivity index (χ2v) is 6.40. The van der Waals surface area contributed by atoms with Crippen LogP contribution in [0.1, 0.15) is 31.2 Å². The van der Waals surface area contributed by atoms with E-state index >= 15 is 0 Å². The summed E-state index contributed by atoms with van der Waals surface area (Å²) in [4.78, 5) is 24.5. The summed E-state index contributed by atoms with van der Waals surface area (Å²) in [6, 6.07) is 7.28. The quantitative estimate of drug-likeness (QED) is 0.814. The number of nitrogens with zero attached hydrogens (tertiary/aromatic N) is 2. The third-order valence-corrected chi connectivity index (χ3v) is 4.58. The number of benzene rings is 1. The van der Waals surface area contributed by atoms with Crippen LogP contribution >= 0.6 is 11.6 Å². The minimum Gasteiger partial charge on any atom is -0.309 e. The minimum absolute atomic E-state index is 0.384. The van der Waals surface area contributed by atoms with Crippen LogP contribution in [-0.2, 0) is 13.1 Å². The third-order valence-electron chi connectivity index (χ3n) is 4.33. The molecule has 22 heavy (non-hydrogen) atoms. The molecule has 1 aromatic heterocycles. The lowest BCUT2D eigenvalue weighted by molar-refractivity contribution is 0.442. The van der Waals surface area contributed by atoms with Crippen LogP contribution in [0.15, 0.2) is 46.2 Å². The van der Waals surface area contributed by atoms with Crippen LogP contribution in [0, 0.1) is 5.92 Å². The molecular weight excluding hydrogens is 300 g/mol. The fourth-order valence-corrected chi connectivity index (χ4v) is 3.19. The molecule has 1 heterocycles. The Kier molecular flexibility index (Phi) is 4.48. The molecule has 0 spiro atoms. The Morgan fingerprint density at radius 3 is 2.23 bits per heavy atom. The standard InChI is InChI=1S/C17H19ClN2O2/c18-15-7-5-14(6-8-15)12-20-10-9-19(16(21)17(20)22)11-13-3-1-2-4-13/h5-10,13H,1-4,11-12H2. The van der Waals surface area contributed by atoms with Crippen LogP contribution in [-0.4, -0.2) is 9.13 Å². The fourth-order valence-electron chi connectivity index (χ4n) is 3.07. The Morgan fingerprint density at radius 2 is 1.55 bits per heavy atom. The smallest absolute Gasteiger partial charge is 0.309 e. The highest BCUT2D eigenvalue weighted by molar-refractivity contribution is 6.30. The van der Waals surface area contributed by atoms with Crippen molar-refractivity contribution in [1.82, 2.24) is 9.13 Å². The average molecular weight is 319 g/mol. The Hall–Kier alpha value is -1.81. The first-order valence-electron chi connectivity index (χ1n) is 7.68. The van der Waals surface area contributed by atoms with Crippen molar-refractivity contribution >= 4 is 11.6 Å². The summed E-state index contributed by atoms with van der Waals surface area (Å²) in [5.74, 6) is 0.532. The average Bonchev–Trinajstić information content (AvgIpc) is 3.02. The Balaban J connectivity index is 1.81. The van der Waals surface area contributed by atoms with Gasteiger partial charge in [-0.1, -0.05) is 36.6 Å². The van der Waals surface area contributed by atoms with E-state index in [4.69, 9.17) is 11.6 Å². The highest BCUT2D eigenvalue weighted by Crippen LogP contribution is 2.25. The van der Waals surface area contributed by atoms with Crippen LogP contribution in [0.2, 0.25) is 5.02 Å². The van der Waals surface area contributed by atoms with Crippen molar-refractivity contribution in [2.75, 3.05) is 0 Å². The molecule has 116 valence electrons. The molecule has 0 bridgehead atoms. The van der Waals surface area contributed by atoms with Crippen LogP contribution in [0.4, 0.5) is 0 Å². The van der Waals surface area contributed by atoms with Crippen molar-refractivity contribution in [2.45, 2.75) is 38.8 Å². The molecule has 3 rings (SSSR count). The summed E-state index contributed by atoms with van der Waals surface area (Å²) < 4.78 is 3.02. The van der Waals surface area contributed by atoms with Crippen molar-refractivity contribution in [2.24, 2.45) is 5.92 Å². The molecule has 0 N–H and O–H groups in total. The highest BCUT2D eigenvalue weighted by Gasteiger charge is 2.16. The molecule has 5 heteroatoms. The first-order chi connectivity index (χ1) is 10.6. The monoisotopic (exact) mass is 318 g/mol. The van der Waals surface area contributed by atoms with Gasteiger partial charge in [-0.05, 0) is 36.5 Å². The van der Waals surface area contributed by atoms with E-state index in [1.165, 1.54) is 17.4 Å². The van der Waals surface area contributed by atoms with Gasteiger partial charge in [0.1, 0.15) is 0 Å². The van der Waals surface area contributed by atoms with Gasteiger partial charge < -0.3 is 9.13 Å². The lowest BCUT2D eigenvalue weighted by Gasteiger charge is -2.12. The lowest BCUT2D eigenvalue weighted by Crippen LogP contribution is -2.41. The number of rotatable bonds is 4. The maximum Gasteiger partial charge on any atom is 0.316 e. The molecule has 1 aliphatic carbocycles. The molecule has 1 fully saturated rings. The maximum atomic E-state index is 12.2. The van der Waals surface area contributed by atoms with Crippen LogP contribution in [0.5, 0.6) is 0 Å². The molecule has 0 unspecified atom stereocenters. The van der Waals surface area contributed by atoms with Gasteiger partial charge in [-0.2, -0.15) is 0 Å². The molecule has 0 aliphatic heterocycles. The normalized spacial score (nSPS) is 15.3. The zero-order valence-corrected chi connectivity index (χ0v) is 13.1. The molecule has 2 aromatic rings. The third kappa shape index (κ3) is 3.33. The molecular formula is C17H19ClN2O2. The van der Waals surface area contributed by atoms with E-state index in [1.807, 2.05) is 12.1 Å². The fraction of sp³-hybridized carbons (Fsp3) is 0.412. The zero-order chi connectivity index (χ0) is 15.5. The first kappa shape index (κ1) is 15.1. The molecule has 4 nitrogen and oxygen atoms in total. The summed E-state index contributed by atoms with van der Waals surface area (Å²) >= 11 is 5.85. The van der Waals surface area contributed by atoms with E-state index < -0.39 is 11.1 Å². The predicted molar refractivity (Wildman–Crippen MR) is 87.5 cm³/mol. The Labute approximate surface area is 134 Å². The van der Waals surface area contributed by atoms with Crippen molar-refractivity contribution in [3.63, 3.8) is 0 Å². The molecule has 0 amide bonds. The van der Waals surface area contributed by atoms with Crippen molar-refractivity contribution in [3.05, 3.63) is 68.0 Å². The van der Waals surface area contributed by atoms with Crippen LogP contribution in [0.3, 0.4) is 0 Å². The summed E-state index contributed by atoms with van der Waals surface area (Å²) in [6.07, 6.45) is 8.20. The van der Waals surface area contributed by atoms with Gasteiger partial charge in [-0.25, -0.2) is 0 Å². The number of halogens is 1. The second-order valence-electron chi connectivity index (χ2n) is 5.97. The Bertz CT molecular complexity index is 755. The van der Waals surface area contributed by atoms with Gasteiger partial charge in [0.25, 0.3) is 0 Å². The molecule has 1 saturated carbocycles. The summed E-state index contributed by atoms with van der Waals surface area (Å²) in [6.45, 7) is 1.05. The number of hydrogen-bond donors (Lipinski definition) is 0. The van der Waals surface area contributed by atoms with Gasteiger partial charge in [0.2, 0.25) is 0 Å². The lowest BCUT2D eigenvalue weighted by atomic mass is 10.1. The zero-order valence-electron chi connectivity index (χ0n) is 12.4. The summed E-state index contributed by atoms with van der Waals surface area (Å²) in [5, 5.41) is 0.656. The largest absolute Gasteiger partial charge is 0.316 e. The Morgan fingerprint density at radius 1 is 0.955 bits per heavy atom. The van der Waals surface area contributed by atoms with Crippen molar-refractivity contribution in [3.8, 4) is 0 Å². The highest BCUT2D eigenvalue weighted by atomic mass is 35.5. The summed E-state index contributed by atoms with van der Waals surface area (Å²) in [5.41, 5.74) is 0.0539. The van der Waals surface area contributed by atoms with E-state index in [0.29, 0.717) is 24.0 Å². The minimum atomic E-state index is -0.463. The van der Waals surface area contributed by atoms with Crippen molar-refractivity contribution < 1.29 is 0 Å². The molecule has 0 saturated heterocycles. The van der Waals surface area contributed by atoms with Gasteiger partial charge in [0, 0.05) is 24.0 Å². The SMILES string of the molecule is O=c1c(=O)n(CC2CCCC2)ccn1Cc1ccc(Cl)cc1. The van der Waals surface area contributed by atoms with Crippen molar-refractivity contribution in [1.29, 1.82) is 0 Å². The second kappa shape index (κ2) is 6.53. The van der Waals surface area contributed by atoms with Gasteiger partial charge in [0.05, 0.1) is 6.54 Å². The first-order valence-corrected chi connectivity index (χ1v) is 8.05. The molecule has 1 aliphatic rings. The van der Waals surface area contributed by atoms with Crippen LogP contribution < -0.4 is 11.1 Å². The topological polar surface area (TPSA) is 44.0 Å². The van der Waals surface area contributed by atoms with Gasteiger partial charge >= 0.3 is 11.1 Å². The molecule has 1 aromatic carbocycles. The van der Waals surface area contributed by atoms with Gasteiger partial charge in [0.15, 0.2) is 0 Å². The number of hydrogen-bond acceptors (Lipinski definition) is 2. The van der Waals surface area contributed by atoms with E-state index in [0.717, 1.165) is 18.4 Å². The van der Waals surface area contributed by atoms with E-state index in [1.54, 1.807) is 29.1 Å². The van der Waals surface area contributed by atoms with Crippen LogP contribution in [0.25, 0.3) is 0 Å². The predicted octanol–water partition coefficient (Wildman–Crippen LogP) is 2.90. The van der Waals surface area contributed by atoms with Gasteiger partial charge in [-0.15, -0.1) is 0 Å². The number of aromatic nitrogens is 2. The van der Waals surface area contributed by atoms with E-state index in [2.05, 4.69) is 0 Å². The van der Waals surface area contributed by atoms with E-state index in [9.17, 15) is 9.59 Å².